The first-order chi connectivity index (χ1) is 10.7. The lowest BCUT2D eigenvalue weighted by atomic mass is 10.1. The van der Waals surface area contributed by atoms with E-state index in [-0.39, 0.29) is 11.4 Å². The number of hydrogen-bond acceptors (Lipinski definition) is 4. The molecule has 2 aliphatic heterocycles. The van der Waals surface area contributed by atoms with Crippen LogP contribution in [-0.4, -0.2) is 79.2 Å². The highest BCUT2D eigenvalue weighted by atomic mass is 32.2. The molecule has 0 atom stereocenters. The number of nitrogens with one attached hydrogen (secondary N) is 1. The van der Waals surface area contributed by atoms with E-state index in [1.807, 2.05) is 25.7 Å². The molecule has 1 N–H and O–H groups in total. The number of nitrogens with zero attached hydrogens (tertiary/aromatic N) is 3. The van der Waals surface area contributed by atoms with Crippen molar-refractivity contribution in [1.29, 1.82) is 0 Å². The monoisotopic (exact) mass is 346 g/mol. The van der Waals surface area contributed by atoms with Crippen LogP contribution in [0.5, 0.6) is 0 Å². The van der Waals surface area contributed by atoms with Crippen LogP contribution in [0.4, 0.5) is 0 Å². The van der Waals surface area contributed by atoms with E-state index in [0.717, 1.165) is 19.3 Å². The minimum Gasteiger partial charge on any atom is -0.350 e. The molecule has 0 aromatic rings. The van der Waals surface area contributed by atoms with Gasteiger partial charge in [0.15, 0.2) is 0 Å². The Kier molecular flexibility index (Phi) is 6.05. The van der Waals surface area contributed by atoms with Crippen molar-refractivity contribution >= 4 is 16.1 Å². The summed E-state index contributed by atoms with van der Waals surface area (Å²) in [5, 5.41) is 2.94. The predicted octanol–water partition coefficient (Wildman–Crippen LogP) is 0.249. The van der Waals surface area contributed by atoms with Gasteiger partial charge in [0.05, 0.1) is 6.54 Å². The topological polar surface area (TPSA) is 73.0 Å². The molecule has 7 nitrogen and oxygen atoms in total. The van der Waals surface area contributed by atoms with Crippen LogP contribution in [0.3, 0.4) is 0 Å². The zero-order chi connectivity index (χ0) is 17.1. The SMILES string of the molecule is CC(C)(C)NC(=O)CN1CCN(S(=O)(=O)N2CCCCC2)CC1. The Labute approximate surface area is 140 Å². The Morgan fingerprint density at radius 3 is 1.96 bits per heavy atom. The third-order valence-corrected chi connectivity index (χ3v) is 6.22. The summed E-state index contributed by atoms with van der Waals surface area (Å²) in [6.07, 6.45) is 3.01. The van der Waals surface area contributed by atoms with E-state index in [1.165, 1.54) is 0 Å². The molecule has 0 aliphatic carbocycles. The maximum absolute atomic E-state index is 12.6. The summed E-state index contributed by atoms with van der Waals surface area (Å²) in [4.78, 5) is 14.0. The Morgan fingerprint density at radius 1 is 0.913 bits per heavy atom. The van der Waals surface area contributed by atoms with Crippen LogP contribution in [0.25, 0.3) is 0 Å². The standard InChI is InChI=1S/C15H30N4O3S/c1-15(2,3)16-14(20)13-17-9-11-19(12-10-17)23(21,22)18-7-5-4-6-8-18/h4-13H2,1-3H3,(H,16,20). The first kappa shape index (κ1) is 18.6. The van der Waals surface area contributed by atoms with Crippen molar-refractivity contribution in [3.8, 4) is 0 Å². The summed E-state index contributed by atoms with van der Waals surface area (Å²) < 4.78 is 28.4. The molecule has 0 unspecified atom stereocenters. The summed E-state index contributed by atoms with van der Waals surface area (Å²) in [6.45, 7) is 9.58. The molecule has 0 spiro atoms. The third-order valence-electron chi connectivity index (χ3n) is 4.18. The van der Waals surface area contributed by atoms with Crippen molar-refractivity contribution in [3.63, 3.8) is 0 Å². The van der Waals surface area contributed by atoms with Crippen LogP contribution < -0.4 is 5.32 Å². The fraction of sp³-hybridized carbons (Fsp3) is 0.933. The van der Waals surface area contributed by atoms with E-state index >= 15 is 0 Å². The highest BCUT2D eigenvalue weighted by Crippen LogP contribution is 2.17. The Balaban J connectivity index is 1.82. The number of carbonyl (C=O) groups excluding carboxylic acids is 1. The molecule has 2 fully saturated rings. The van der Waals surface area contributed by atoms with Gasteiger partial charge in [-0.2, -0.15) is 17.0 Å². The second kappa shape index (κ2) is 7.46. The smallest absolute Gasteiger partial charge is 0.282 e. The molecule has 134 valence electrons. The summed E-state index contributed by atoms with van der Waals surface area (Å²) in [7, 11) is -3.33. The molecule has 0 aromatic heterocycles. The van der Waals surface area contributed by atoms with Crippen LogP contribution in [-0.2, 0) is 15.0 Å². The first-order valence-electron chi connectivity index (χ1n) is 8.47. The molecule has 0 aromatic carbocycles. The molecular formula is C15H30N4O3S. The van der Waals surface area contributed by atoms with E-state index in [2.05, 4.69) is 5.32 Å². The lowest BCUT2D eigenvalue weighted by molar-refractivity contribution is -0.123. The minimum absolute atomic E-state index is 0.00941. The molecule has 0 radical (unpaired) electrons. The molecule has 1 amide bonds. The van der Waals surface area contributed by atoms with Crippen molar-refractivity contribution in [2.45, 2.75) is 45.6 Å². The number of hydrogen-bond donors (Lipinski definition) is 1. The highest BCUT2D eigenvalue weighted by molar-refractivity contribution is 7.86. The molecule has 2 rings (SSSR count). The van der Waals surface area contributed by atoms with Crippen molar-refractivity contribution in [2.24, 2.45) is 0 Å². The second-order valence-electron chi connectivity index (χ2n) is 7.44. The normalized spacial score (nSPS) is 22.9. The molecule has 0 bridgehead atoms. The van der Waals surface area contributed by atoms with Gasteiger partial charge in [0, 0.05) is 44.8 Å². The fourth-order valence-corrected chi connectivity index (χ4v) is 4.71. The molecule has 2 heterocycles. The van der Waals surface area contributed by atoms with Crippen LogP contribution in [0.2, 0.25) is 0 Å². The number of piperidine rings is 1. The van der Waals surface area contributed by atoms with E-state index in [9.17, 15) is 13.2 Å². The zero-order valence-corrected chi connectivity index (χ0v) is 15.4. The van der Waals surface area contributed by atoms with Gasteiger partial charge in [-0.1, -0.05) is 6.42 Å². The Bertz CT molecular complexity index is 501. The quantitative estimate of drug-likeness (QED) is 0.792. The van der Waals surface area contributed by atoms with E-state index < -0.39 is 10.2 Å². The van der Waals surface area contributed by atoms with Crippen LogP contribution in [0, 0.1) is 0 Å². The van der Waals surface area contributed by atoms with Gasteiger partial charge in [0.1, 0.15) is 0 Å². The Hall–Kier alpha value is -0.700. The summed E-state index contributed by atoms with van der Waals surface area (Å²) in [5.74, 6) is -0.00941. The van der Waals surface area contributed by atoms with Gasteiger partial charge < -0.3 is 5.32 Å². The molecule has 2 aliphatic rings. The summed E-state index contributed by atoms with van der Waals surface area (Å²) in [6, 6.07) is 0. The van der Waals surface area contributed by atoms with Gasteiger partial charge in [0.25, 0.3) is 10.2 Å². The first-order valence-corrected chi connectivity index (χ1v) is 9.87. The van der Waals surface area contributed by atoms with Gasteiger partial charge in [0.2, 0.25) is 5.91 Å². The van der Waals surface area contributed by atoms with Gasteiger partial charge >= 0.3 is 0 Å². The summed E-state index contributed by atoms with van der Waals surface area (Å²) in [5.41, 5.74) is -0.240. The van der Waals surface area contributed by atoms with Crippen LogP contribution in [0.15, 0.2) is 0 Å². The number of piperazine rings is 1. The molecule has 0 saturated carbocycles. The molecule has 23 heavy (non-hydrogen) atoms. The van der Waals surface area contributed by atoms with Crippen molar-refractivity contribution in [1.82, 2.24) is 18.8 Å². The number of rotatable bonds is 4. The minimum atomic E-state index is -3.33. The average molecular weight is 346 g/mol. The van der Waals surface area contributed by atoms with Crippen molar-refractivity contribution in [3.05, 3.63) is 0 Å². The summed E-state index contributed by atoms with van der Waals surface area (Å²) >= 11 is 0. The highest BCUT2D eigenvalue weighted by Gasteiger charge is 2.33. The number of carbonyl (C=O) groups is 1. The molecule has 8 heteroatoms. The van der Waals surface area contributed by atoms with Gasteiger partial charge in [-0.15, -0.1) is 0 Å². The Morgan fingerprint density at radius 2 is 1.43 bits per heavy atom. The third kappa shape index (κ3) is 5.41. The maximum atomic E-state index is 12.6. The lowest BCUT2D eigenvalue weighted by Gasteiger charge is -2.37. The van der Waals surface area contributed by atoms with E-state index in [4.69, 9.17) is 0 Å². The van der Waals surface area contributed by atoms with Crippen LogP contribution in [0.1, 0.15) is 40.0 Å². The van der Waals surface area contributed by atoms with Gasteiger partial charge in [-0.25, -0.2) is 0 Å². The molecule has 2 saturated heterocycles. The fourth-order valence-electron chi connectivity index (χ4n) is 3.04. The van der Waals surface area contributed by atoms with Crippen molar-refractivity contribution < 1.29 is 13.2 Å². The lowest BCUT2D eigenvalue weighted by Crippen LogP contribution is -2.55. The van der Waals surface area contributed by atoms with Gasteiger partial charge in [-0.05, 0) is 33.6 Å². The largest absolute Gasteiger partial charge is 0.350 e. The zero-order valence-electron chi connectivity index (χ0n) is 14.5. The maximum Gasteiger partial charge on any atom is 0.282 e. The van der Waals surface area contributed by atoms with E-state index in [0.29, 0.717) is 45.8 Å². The van der Waals surface area contributed by atoms with Crippen molar-refractivity contribution in [2.75, 3.05) is 45.8 Å². The molecular weight excluding hydrogens is 316 g/mol. The second-order valence-corrected chi connectivity index (χ2v) is 9.37. The predicted molar refractivity (Wildman–Crippen MR) is 90.3 cm³/mol. The van der Waals surface area contributed by atoms with Gasteiger partial charge in [-0.3, -0.25) is 9.69 Å². The van der Waals surface area contributed by atoms with E-state index in [1.54, 1.807) is 8.61 Å². The number of amides is 1. The van der Waals surface area contributed by atoms with Crippen LogP contribution >= 0.6 is 0 Å². The average Bonchev–Trinajstić information content (AvgIpc) is 2.46.